The lowest BCUT2D eigenvalue weighted by molar-refractivity contribution is -0.135. The van der Waals surface area contributed by atoms with Crippen molar-refractivity contribution in [1.29, 1.82) is 0 Å². The van der Waals surface area contributed by atoms with Gasteiger partial charge in [0.2, 0.25) is 5.91 Å². The van der Waals surface area contributed by atoms with Gasteiger partial charge in [0.05, 0.1) is 0 Å². The molecule has 5 nitrogen and oxygen atoms in total. The molecule has 0 aliphatic carbocycles. The number of carbonyl (C=O) groups excluding carboxylic acids is 2. The summed E-state index contributed by atoms with van der Waals surface area (Å²) in [5.41, 5.74) is 3.11. The van der Waals surface area contributed by atoms with Gasteiger partial charge in [0.1, 0.15) is 0 Å². The number of aryl methyl sites for hydroxylation is 2. The number of aromatic nitrogens is 1. The Morgan fingerprint density at radius 3 is 2.50 bits per heavy atom. The Hall–Kier alpha value is -2.69. The molecule has 2 aromatic rings. The Labute approximate surface area is 166 Å². The summed E-state index contributed by atoms with van der Waals surface area (Å²) in [6.45, 7) is 4.22. The maximum Gasteiger partial charge on any atom is 0.254 e. The molecule has 0 spiro atoms. The van der Waals surface area contributed by atoms with Crippen molar-refractivity contribution < 1.29 is 9.59 Å². The summed E-state index contributed by atoms with van der Waals surface area (Å²) in [5, 5.41) is 0. The molecule has 2 bridgehead atoms. The minimum Gasteiger partial charge on any atom is -0.338 e. The summed E-state index contributed by atoms with van der Waals surface area (Å²) >= 11 is 0. The van der Waals surface area contributed by atoms with Crippen LogP contribution in [0.1, 0.15) is 40.7 Å². The zero-order chi connectivity index (χ0) is 19.5. The summed E-state index contributed by atoms with van der Waals surface area (Å²) in [5.74, 6) is 0.634. The first-order valence-corrected chi connectivity index (χ1v) is 10.1. The molecule has 5 heteroatoms. The maximum atomic E-state index is 12.9. The van der Waals surface area contributed by atoms with Gasteiger partial charge in [-0.3, -0.25) is 14.6 Å². The van der Waals surface area contributed by atoms with Crippen molar-refractivity contribution in [3.8, 4) is 0 Å². The SMILES string of the molecule is Cc1ccc(CCC(=O)N2C[C@H]3CC[C@@H]2CN(C(=O)c2ccncc2)C3)cc1. The van der Waals surface area contributed by atoms with Gasteiger partial charge in [-0.15, -0.1) is 0 Å². The van der Waals surface area contributed by atoms with Gasteiger partial charge < -0.3 is 9.80 Å². The van der Waals surface area contributed by atoms with Gasteiger partial charge in [-0.25, -0.2) is 0 Å². The topological polar surface area (TPSA) is 53.5 Å². The first-order chi connectivity index (χ1) is 13.6. The van der Waals surface area contributed by atoms with E-state index in [1.54, 1.807) is 24.5 Å². The molecule has 2 amide bonds. The van der Waals surface area contributed by atoms with Crippen LogP contribution in [0.25, 0.3) is 0 Å². The predicted octanol–water partition coefficient (Wildman–Crippen LogP) is 3.09. The Balaban J connectivity index is 1.41. The largest absolute Gasteiger partial charge is 0.338 e. The lowest BCUT2D eigenvalue weighted by Crippen LogP contribution is -2.47. The number of rotatable bonds is 4. The highest BCUT2D eigenvalue weighted by Gasteiger charge is 2.38. The molecule has 0 radical (unpaired) electrons. The molecule has 1 aromatic carbocycles. The highest BCUT2D eigenvalue weighted by atomic mass is 16.2. The van der Waals surface area contributed by atoms with E-state index in [9.17, 15) is 9.59 Å². The Morgan fingerprint density at radius 1 is 1.00 bits per heavy atom. The van der Waals surface area contributed by atoms with Crippen LogP contribution >= 0.6 is 0 Å². The molecule has 2 atom stereocenters. The first kappa shape index (κ1) is 18.7. The van der Waals surface area contributed by atoms with Crippen LogP contribution in [0.4, 0.5) is 0 Å². The molecule has 0 saturated carbocycles. The molecular weight excluding hydrogens is 350 g/mol. The number of nitrogens with zero attached hydrogens (tertiary/aromatic N) is 3. The summed E-state index contributed by atoms with van der Waals surface area (Å²) in [6.07, 6.45) is 6.69. The summed E-state index contributed by atoms with van der Waals surface area (Å²) in [4.78, 5) is 33.8. The van der Waals surface area contributed by atoms with E-state index < -0.39 is 0 Å². The van der Waals surface area contributed by atoms with E-state index in [1.165, 1.54) is 11.1 Å². The van der Waals surface area contributed by atoms with Crippen LogP contribution in [0.3, 0.4) is 0 Å². The van der Waals surface area contributed by atoms with Gasteiger partial charge in [0.15, 0.2) is 0 Å². The third kappa shape index (κ3) is 4.08. The van der Waals surface area contributed by atoms with Gasteiger partial charge >= 0.3 is 0 Å². The average molecular weight is 377 g/mol. The van der Waals surface area contributed by atoms with Gasteiger partial charge in [0.25, 0.3) is 5.91 Å². The fourth-order valence-electron chi connectivity index (χ4n) is 4.38. The Kier molecular flexibility index (Phi) is 5.42. The molecule has 0 N–H and O–H groups in total. The zero-order valence-corrected chi connectivity index (χ0v) is 16.4. The van der Waals surface area contributed by atoms with Crippen molar-refractivity contribution in [3.05, 3.63) is 65.5 Å². The molecule has 3 aliphatic heterocycles. The van der Waals surface area contributed by atoms with Crippen LogP contribution in [-0.2, 0) is 11.2 Å². The number of piperidine rings is 1. The number of hydrogen-bond acceptors (Lipinski definition) is 3. The molecule has 4 heterocycles. The second-order valence-electron chi connectivity index (χ2n) is 8.07. The van der Waals surface area contributed by atoms with E-state index in [0.29, 0.717) is 24.4 Å². The fourth-order valence-corrected chi connectivity index (χ4v) is 4.38. The van der Waals surface area contributed by atoms with Crippen LogP contribution in [0.15, 0.2) is 48.8 Å². The van der Waals surface area contributed by atoms with E-state index >= 15 is 0 Å². The van der Waals surface area contributed by atoms with Gasteiger partial charge in [-0.2, -0.15) is 0 Å². The zero-order valence-electron chi connectivity index (χ0n) is 16.4. The molecule has 5 rings (SSSR count). The van der Waals surface area contributed by atoms with E-state index in [2.05, 4.69) is 36.2 Å². The third-order valence-corrected chi connectivity index (χ3v) is 6.00. The van der Waals surface area contributed by atoms with E-state index in [0.717, 1.165) is 32.4 Å². The van der Waals surface area contributed by atoms with E-state index in [-0.39, 0.29) is 17.9 Å². The number of pyridine rings is 1. The van der Waals surface area contributed by atoms with Crippen molar-refractivity contribution in [1.82, 2.24) is 14.8 Å². The van der Waals surface area contributed by atoms with Crippen molar-refractivity contribution >= 4 is 11.8 Å². The first-order valence-electron chi connectivity index (χ1n) is 10.1. The molecule has 3 fully saturated rings. The lowest BCUT2D eigenvalue weighted by Gasteiger charge is -2.36. The summed E-state index contributed by atoms with van der Waals surface area (Å²) in [6, 6.07) is 12.1. The van der Waals surface area contributed by atoms with Crippen LogP contribution in [0, 0.1) is 12.8 Å². The quantitative estimate of drug-likeness (QED) is 0.823. The molecular formula is C23H27N3O2. The molecule has 3 aliphatic rings. The average Bonchev–Trinajstić information content (AvgIpc) is 3.05. The van der Waals surface area contributed by atoms with Crippen LogP contribution in [0.2, 0.25) is 0 Å². The number of hydrogen-bond donors (Lipinski definition) is 0. The highest BCUT2D eigenvalue weighted by Crippen LogP contribution is 2.29. The molecule has 3 saturated heterocycles. The van der Waals surface area contributed by atoms with Gasteiger partial charge in [0, 0.05) is 50.1 Å². The number of amides is 2. The number of carbonyl (C=O) groups is 2. The predicted molar refractivity (Wildman–Crippen MR) is 108 cm³/mol. The van der Waals surface area contributed by atoms with Crippen molar-refractivity contribution in [2.75, 3.05) is 19.6 Å². The van der Waals surface area contributed by atoms with Crippen LogP contribution < -0.4 is 0 Å². The van der Waals surface area contributed by atoms with Gasteiger partial charge in [-0.05, 0) is 49.8 Å². The van der Waals surface area contributed by atoms with Crippen LogP contribution in [-0.4, -0.2) is 52.3 Å². The molecule has 0 unspecified atom stereocenters. The minimum atomic E-state index is 0.0493. The summed E-state index contributed by atoms with van der Waals surface area (Å²) < 4.78 is 0. The second-order valence-corrected chi connectivity index (χ2v) is 8.07. The van der Waals surface area contributed by atoms with Crippen molar-refractivity contribution in [2.45, 2.75) is 38.6 Å². The normalized spacial score (nSPS) is 21.5. The van der Waals surface area contributed by atoms with E-state index in [1.807, 2.05) is 9.80 Å². The van der Waals surface area contributed by atoms with Crippen molar-refractivity contribution in [2.24, 2.45) is 5.92 Å². The van der Waals surface area contributed by atoms with Gasteiger partial charge in [-0.1, -0.05) is 29.8 Å². The molecule has 28 heavy (non-hydrogen) atoms. The summed E-state index contributed by atoms with van der Waals surface area (Å²) in [7, 11) is 0. The Bertz CT molecular complexity index is 835. The Morgan fingerprint density at radius 2 is 1.75 bits per heavy atom. The maximum absolute atomic E-state index is 12.9. The monoisotopic (exact) mass is 377 g/mol. The third-order valence-electron chi connectivity index (χ3n) is 6.00. The standard InChI is InChI=1S/C23H27N3O2/c1-17-2-4-18(5-3-17)7-9-22(27)26-15-19-6-8-21(26)16-25(14-19)23(28)20-10-12-24-13-11-20/h2-5,10-13,19,21H,6-9,14-16H2,1H3/t19-,21+/m0/s1. The molecule has 1 aromatic heterocycles. The fraction of sp³-hybridized carbons (Fsp3) is 0.435. The van der Waals surface area contributed by atoms with E-state index in [4.69, 9.17) is 0 Å². The smallest absolute Gasteiger partial charge is 0.254 e. The minimum absolute atomic E-state index is 0.0493. The highest BCUT2D eigenvalue weighted by molar-refractivity contribution is 5.94. The number of fused-ring (bicyclic) bond motifs is 4. The second kappa shape index (κ2) is 8.13. The number of benzene rings is 1. The van der Waals surface area contributed by atoms with Crippen LogP contribution in [0.5, 0.6) is 0 Å². The van der Waals surface area contributed by atoms with Crippen molar-refractivity contribution in [3.63, 3.8) is 0 Å². The molecule has 146 valence electrons. The lowest BCUT2D eigenvalue weighted by atomic mass is 9.94.